The fourth-order valence-corrected chi connectivity index (χ4v) is 3.66. The summed E-state index contributed by atoms with van der Waals surface area (Å²) in [5.74, 6) is -0.634. The van der Waals surface area contributed by atoms with Crippen LogP contribution in [-0.2, 0) is 9.59 Å². The number of benzene rings is 2. The first-order valence-corrected chi connectivity index (χ1v) is 9.77. The Hall–Kier alpha value is -2.77. The Labute approximate surface area is 170 Å². The van der Waals surface area contributed by atoms with Crippen LogP contribution in [0.5, 0.6) is 0 Å². The van der Waals surface area contributed by atoms with Crippen LogP contribution in [0.3, 0.4) is 0 Å². The van der Waals surface area contributed by atoms with Crippen molar-refractivity contribution in [2.75, 3.05) is 26.2 Å². The zero-order chi connectivity index (χ0) is 20.8. The van der Waals surface area contributed by atoms with Crippen LogP contribution in [0.2, 0.25) is 0 Å². The van der Waals surface area contributed by atoms with E-state index in [0.717, 1.165) is 5.56 Å². The molecule has 1 aliphatic rings. The van der Waals surface area contributed by atoms with Crippen molar-refractivity contribution in [3.8, 4) is 0 Å². The molecule has 7 heteroatoms. The summed E-state index contributed by atoms with van der Waals surface area (Å²) in [5, 5.41) is 5.44. The minimum Gasteiger partial charge on any atom is -0.348 e. The zero-order valence-corrected chi connectivity index (χ0v) is 16.5. The second-order valence-corrected chi connectivity index (χ2v) is 7.49. The van der Waals surface area contributed by atoms with E-state index in [1.54, 1.807) is 12.1 Å². The number of nitrogens with two attached hydrogens (primary N) is 1. The van der Waals surface area contributed by atoms with Gasteiger partial charge in [-0.1, -0.05) is 42.5 Å². The lowest BCUT2D eigenvalue weighted by atomic mass is 9.95. The van der Waals surface area contributed by atoms with E-state index in [4.69, 9.17) is 5.73 Å². The van der Waals surface area contributed by atoms with Gasteiger partial charge < -0.3 is 16.4 Å². The fourth-order valence-electron chi connectivity index (χ4n) is 3.66. The first-order valence-electron chi connectivity index (χ1n) is 9.77. The van der Waals surface area contributed by atoms with Crippen molar-refractivity contribution < 1.29 is 14.0 Å². The van der Waals surface area contributed by atoms with E-state index in [-0.39, 0.29) is 48.7 Å². The predicted octanol–water partition coefficient (Wildman–Crippen LogP) is 1.55. The normalized spacial score (nSPS) is 20.2. The van der Waals surface area contributed by atoms with Crippen LogP contribution >= 0.6 is 0 Å². The van der Waals surface area contributed by atoms with Crippen molar-refractivity contribution >= 4 is 11.8 Å². The lowest BCUT2D eigenvalue weighted by molar-refractivity contribution is -0.126. The first kappa shape index (κ1) is 21.0. The standard InChI is InChI=1S/C22H27FN4O2/c1-15(16-7-9-18(23)10-8-16)26-21(28)11-25-22(29)14-27-12-19(20(24)13-27)17-5-3-2-4-6-17/h2-10,15,19-20H,11-14,24H2,1H3,(H,25,29)(H,26,28)/t15?,19-,20+/m0/s1. The molecule has 1 saturated heterocycles. The molecule has 1 heterocycles. The number of amides is 2. The highest BCUT2D eigenvalue weighted by atomic mass is 19.1. The maximum atomic E-state index is 13.0. The molecule has 0 bridgehead atoms. The van der Waals surface area contributed by atoms with E-state index in [9.17, 15) is 14.0 Å². The Morgan fingerprint density at radius 1 is 1.10 bits per heavy atom. The smallest absolute Gasteiger partial charge is 0.239 e. The molecule has 0 spiro atoms. The largest absolute Gasteiger partial charge is 0.348 e. The molecule has 2 aromatic rings. The van der Waals surface area contributed by atoms with Gasteiger partial charge in [0, 0.05) is 25.0 Å². The van der Waals surface area contributed by atoms with Gasteiger partial charge in [-0.25, -0.2) is 4.39 Å². The second-order valence-electron chi connectivity index (χ2n) is 7.49. The molecule has 2 aromatic carbocycles. The summed E-state index contributed by atoms with van der Waals surface area (Å²) in [6, 6.07) is 15.7. The summed E-state index contributed by atoms with van der Waals surface area (Å²) in [6.07, 6.45) is 0. The number of carbonyl (C=O) groups is 2. The molecule has 0 saturated carbocycles. The Morgan fingerprint density at radius 3 is 2.48 bits per heavy atom. The van der Waals surface area contributed by atoms with E-state index >= 15 is 0 Å². The molecule has 1 fully saturated rings. The highest BCUT2D eigenvalue weighted by Crippen LogP contribution is 2.25. The first-order chi connectivity index (χ1) is 13.9. The molecule has 1 aliphatic heterocycles. The van der Waals surface area contributed by atoms with Gasteiger partial charge in [0.05, 0.1) is 19.1 Å². The number of halogens is 1. The van der Waals surface area contributed by atoms with Gasteiger partial charge in [0.15, 0.2) is 0 Å². The van der Waals surface area contributed by atoms with E-state index in [0.29, 0.717) is 13.1 Å². The summed E-state index contributed by atoms with van der Waals surface area (Å²) in [6.45, 7) is 3.26. The molecule has 2 amide bonds. The number of nitrogens with zero attached hydrogens (tertiary/aromatic N) is 1. The SMILES string of the molecule is CC(NC(=O)CNC(=O)CN1C[C@@H](N)[C@H](c2ccccc2)C1)c1ccc(F)cc1. The van der Waals surface area contributed by atoms with E-state index in [2.05, 4.69) is 22.8 Å². The van der Waals surface area contributed by atoms with Crippen molar-refractivity contribution in [3.05, 3.63) is 71.5 Å². The van der Waals surface area contributed by atoms with Gasteiger partial charge in [-0.2, -0.15) is 0 Å². The predicted molar refractivity (Wildman–Crippen MR) is 110 cm³/mol. The molecule has 154 valence electrons. The van der Waals surface area contributed by atoms with Crippen LogP contribution in [-0.4, -0.2) is 48.9 Å². The highest BCUT2D eigenvalue weighted by Gasteiger charge is 2.32. The summed E-state index contributed by atoms with van der Waals surface area (Å²) >= 11 is 0. The highest BCUT2D eigenvalue weighted by molar-refractivity contribution is 5.85. The van der Waals surface area contributed by atoms with Crippen molar-refractivity contribution in [2.24, 2.45) is 5.73 Å². The topological polar surface area (TPSA) is 87.5 Å². The summed E-state index contributed by atoms with van der Waals surface area (Å²) in [5.41, 5.74) is 8.23. The molecule has 3 atom stereocenters. The maximum absolute atomic E-state index is 13.0. The van der Waals surface area contributed by atoms with Gasteiger partial charge in [-0.05, 0) is 30.2 Å². The Kier molecular flexibility index (Phi) is 6.95. The number of rotatable bonds is 7. The Bertz CT molecular complexity index is 828. The van der Waals surface area contributed by atoms with Crippen molar-refractivity contribution in [2.45, 2.75) is 24.9 Å². The molecule has 0 radical (unpaired) electrons. The second kappa shape index (κ2) is 9.62. The van der Waals surface area contributed by atoms with Crippen LogP contribution < -0.4 is 16.4 Å². The third-order valence-corrected chi connectivity index (χ3v) is 5.23. The zero-order valence-electron chi connectivity index (χ0n) is 16.5. The summed E-state index contributed by atoms with van der Waals surface area (Å²) in [4.78, 5) is 26.3. The minimum absolute atomic E-state index is 0.0231. The molecular formula is C22H27FN4O2. The number of hydrogen-bond donors (Lipinski definition) is 3. The molecule has 1 unspecified atom stereocenters. The lowest BCUT2D eigenvalue weighted by Crippen LogP contribution is -2.42. The number of hydrogen-bond acceptors (Lipinski definition) is 4. The van der Waals surface area contributed by atoms with Gasteiger partial charge in [-0.3, -0.25) is 14.5 Å². The van der Waals surface area contributed by atoms with Crippen LogP contribution in [0, 0.1) is 5.82 Å². The maximum Gasteiger partial charge on any atom is 0.239 e. The van der Waals surface area contributed by atoms with Gasteiger partial charge in [0.1, 0.15) is 5.82 Å². The molecule has 0 aromatic heterocycles. The quantitative estimate of drug-likeness (QED) is 0.660. The summed E-state index contributed by atoms with van der Waals surface area (Å²) < 4.78 is 13.0. The number of nitrogens with one attached hydrogen (secondary N) is 2. The van der Waals surface area contributed by atoms with Crippen LogP contribution in [0.15, 0.2) is 54.6 Å². The van der Waals surface area contributed by atoms with Crippen molar-refractivity contribution in [3.63, 3.8) is 0 Å². The number of carbonyl (C=O) groups excluding carboxylic acids is 2. The Morgan fingerprint density at radius 2 is 1.79 bits per heavy atom. The van der Waals surface area contributed by atoms with Crippen LogP contribution in [0.1, 0.15) is 30.0 Å². The monoisotopic (exact) mass is 398 g/mol. The molecule has 6 nitrogen and oxygen atoms in total. The van der Waals surface area contributed by atoms with E-state index < -0.39 is 0 Å². The lowest BCUT2D eigenvalue weighted by Gasteiger charge is -2.17. The van der Waals surface area contributed by atoms with Gasteiger partial charge in [0.25, 0.3) is 0 Å². The minimum atomic E-state index is -0.323. The fraction of sp³-hybridized carbons (Fsp3) is 0.364. The third-order valence-electron chi connectivity index (χ3n) is 5.23. The van der Waals surface area contributed by atoms with E-state index in [1.807, 2.05) is 30.0 Å². The van der Waals surface area contributed by atoms with Crippen LogP contribution in [0.25, 0.3) is 0 Å². The van der Waals surface area contributed by atoms with Gasteiger partial charge in [-0.15, -0.1) is 0 Å². The molecule has 29 heavy (non-hydrogen) atoms. The molecular weight excluding hydrogens is 371 g/mol. The third kappa shape index (κ3) is 5.85. The number of likely N-dealkylation sites (tertiary alicyclic amines) is 1. The molecule has 4 N–H and O–H groups in total. The van der Waals surface area contributed by atoms with Crippen molar-refractivity contribution in [1.82, 2.24) is 15.5 Å². The van der Waals surface area contributed by atoms with Gasteiger partial charge >= 0.3 is 0 Å². The van der Waals surface area contributed by atoms with Gasteiger partial charge in [0.2, 0.25) is 11.8 Å². The average molecular weight is 398 g/mol. The molecule has 0 aliphatic carbocycles. The van der Waals surface area contributed by atoms with E-state index in [1.165, 1.54) is 17.7 Å². The Balaban J connectivity index is 1.41. The van der Waals surface area contributed by atoms with Crippen molar-refractivity contribution in [1.29, 1.82) is 0 Å². The average Bonchev–Trinajstić information content (AvgIpc) is 3.07. The molecule has 3 rings (SSSR count). The van der Waals surface area contributed by atoms with Crippen LogP contribution in [0.4, 0.5) is 4.39 Å². The summed E-state index contributed by atoms with van der Waals surface area (Å²) in [7, 11) is 0.